The van der Waals surface area contributed by atoms with Crippen LogP contribution in [-0.4, -0.2) is 92.6 Å². The fourth-order valence-electron chi connectivity index (χ4n) is 11.0. The standard InChI is InChI=1S/C44H78N4O4/c1-37(2)21-29(22-38(3,4)45-37)49-33-19-36(52-32-27-43(13,14)48(18)44(15,16)28-32)34(50-30-23-39(5,6)46-40(7,8)24-30)20-35(33)51-31-25-41(9,10)47(17)42(11,12)26-31/h19-20,29-32,45-46H,21-28H2,1-18H3. The number of ether oxygens (including phenoxy) is 4. The van der Waals surface area contributed by atoms with Crippen LogP contribution in [0.25, 0.3) is 0 Å². The van der Waals surface area contributed by atoms with E-state index in [-0.39, 0.29) is 68.7 Å². The molecule has 0 amide bonds. The van der Waals surface area contributed by atoms with Crippen molar-refractivity contribution < 1.29 is 18.9 Å². The summed E-state index contributed by atoms with van der Waals surface area (Å²) in [7, 11) is 4.49. The van der Waals surface area contributed by atoms with Crippen LogP contribution in [0.2, 0.25) is 0 Å². The van der Waals surface area contributed by atoms with Gasteiger partial charge in [0.15, 0.2) is 23.0 Å². The molecule has 4 aliphatic rings. The fourth-order valence-corrected chi connectivity index (χ4v) is 11.0. The van der Waals surface area contributed by atoms with Crippen molar-refractivity contribution in [1.29, 1.82) is 0 Å². The largest absolute Gasteiger partial charge is 0.486 e. The molecule has 4 saturated heterocycles. The SMILES string of the molecule is CN1C(C)(C)CC(Oc2cc(OC3CC(C)(C)NC(C)(C)C3)c(OC3CC(C)(C)N(C)C(C)(C)C3)cc2OC2CC(C)(C)NC(C)(C)C2)CC1(C)C. The van der Waals surface area contributed by atoms with Crippen LogP contribution < -0.4 is 29.6 Å². The number of nitrogens with zero attached hydrogens (tertiary/aromatic N) is 2. The summed E-state index contributed by atoms with van der Waals surface area (Å²) in [6.07, 6.45) is 7.36. The molecule has 4 aliphatic heterocycles. The molecule has 0 bridgehead atoms. The third-order valence-electron chi connectivity index (χ3n) is 13.0. The van der Waals surface area contributed by atoms with Crippen LogP contribution in [0.15, 0.2) is 12.1 Å². The zero-order chi connectivity index (χ0) is 39.1. The lowest BCUT2D eigenvalue weighted by molar-refractivity contribution is -0.0586. The monoisotopic (exact) mass is 727 g/mol. The van der Waals surface area contributed by atoms with E-state index in [9.17, 15) is 0 Å². The fraction of sp³-hybridized carbons (Fsp3) is 0.864. The number of hydrogen-bond donors (Lipinski definition) is 2. The molecule has 0 aliphatic carbocycles. The van der Waals surface area contributed by atoms with Gasteiger partial charge in [-0.2, -0.15) is 0 Å². The maximum absolute atomic E-state index is 7.17. The highest BCUT2D eigenvalue weighted by Gasteiger charge is 2.47. The van der Waals surface area contributed by atoms with E-state index >= 15 is 0 Å². The molecule has 0 atom stereocenters. The summed E-state index contributed by atoms with van der Waals surface area (Å²) in [5.74, 6) is 3.03. The van der Waals surface area contributed by atoms with Gasteiger partial charge in [-0.15, -0.1) is 0 Å². The van der Waals surface area contributed by atoms with Gasteiger partial charge in [0.05, 0.1) is 0 Å². The Kier molecular flexibility index (Phi) is 10.7. The average Bonchev–Trinajstić information content (AvgIpc) is 2.88. The number of nitrogens with one attached hydrogen (secondary N) is 2. The Hall–Kier alpha value is -1.74. The molecule has 5 rings (SSSR count). The number of hydrogen-bond acceptors (Lipinski definition) is 8. The van der Waals surface area contributed by atoms with Crippen molar-refractivity contribution in [3.05, 3.63) is 12.1 Å². The van der Waals surface area contributed by atoms with Gasteiger partial charge in [-0.1, -0.05) is 0 Å². The highest BCUT2D eigenvalue weighted by atomic mass is 16.5. The summed E-state index contributed by atoms with van der Waals surface area (Å²) < 4.78 is 28.6. The molecule has 52 heavy (non-hydrogen) atoms. The molecule has 4 heterocycles. The molecule has 0 spiro atoms. The van der Waals surface area contributed by atoms with Crippen LogP contribution in [0.4, 0.5) is 0 Å². The highest BCUT2D eigenvalue weighted by molar-refractivity contribution is 5.55. The lowest BCUT2D eigenvalue weighted by Crippen LogP contribution is -2.61. The highest BCUT2D eigenvalue weighted by Crippen LogP contribution is 2.48. The van der Waals surface area contributed by atoms with Crippen molar-refractivity contribution in [2.45, 2.75) is 231 Å². The first kappa shape index (κ1) is 41.4. The summed E-state index contributed by atoms with van der Waals surface area (Å²) in [4.78, 5) is 5.01. The third-order valence-corrected chi connectivity index (χ3v) is 13.0. The Morgan fingerprint density at radius 1 is 0.385 bits per heavy atom. The zero-order valence-corrected chi connectivity index (χ0v) is 36.6. The Bertz CT molecular complexity index is 1270. The number of piperidine rings is 4. The van der Waals surface area contributed by atoms with Crippen molar-refractivity contribution in [3.63, 3.8) is 0 Å². The van der Waals surface area contributed by atoms with Crippen molar-refractivity contribution in [2.24, 2.45) is 0 Å². The molecule has 8 heteroatoms. The van der Waals surface area contributed by atoms with Crippen molar-refractivity contribution in [3.8, 4) is 23.0 Å². The molecule has 0 saturated carbocycles. The Balaban J connectivity index is 1.59. The second-order valence-corrected chi connectivity index (χ2v) is 22.5. The van der Waals surface area contributed by atoms with Crippen molar-refractivity contribution >= 4 is 0 Å². The average molecular weight is 727 g/mol. The summed E-state index contributed by atoms with van der Waals surface area (Å²) >= 11 is 0. The topological polar surface area (TPSA) is 67.5 Å². The van der Waals surface area contributed by atoms with Gasteiger partial charge in [0, 0.05) is 108 Å². The zero-order valence-electron chi connectivity index (χ0n) is 36.6. The van der Waals surface area contributed by atoms with E-state index in [1.165, 1.54) is 0 Å². The second kappa shape index (κ2) is 13.5. The van der Waals surface area contributed by atoms with E-state index in [1.807, 2.05) is 0 Å². The van der Waals surface area contributed by atoms with Crippen molar-refractivity contribution in [1.82, 2.24) is 20.4 Å². The molecule has 0 unspecified atom stereocenters. The summed E-state index contributed by atoms with van der Waals surface area (Å²) in [5, 5.41) is 7.67. The molecule has 298 valence electrons. The van der Waals surface area contributed by atoms with E-state index in [0.717, 1.165) is 74.4 Å². The van der Waals surface area contributed by atoms with E-state index in [2.05, 4.69) is 157 Å². The Morgan fingerprint density at radius 2 is 0.577 bits per heavy atom. The number of likely N-dealkylation sites (tertiary alicyclic amines) is 2. The van der Waals surface area contributed by atoms with E-state index in [4.69, 9.17) is 18.9 Å². The van der Waals surface area contributed by atoms with Gasteiger partial charge in [0.2, 0.25) is 0 Å². The molecular formula is C44H78N4O4. The second-order valence-electron chi connectivity index (χ2n) is 22.5. The van der Waals surface area contributed by atoms with Gasteiger partial charge in [-0.25, -0.2) is 0 Å². The van der Waals surface area contributed by atoms with E-state index < -0.39 is 0 Å². The molecule has 0 aromatic heterocycles. The van der Waals surface area contributed by atoms with E-state index in [1.54, 1.807) is 0 Å². The predicted octanol–water partition coefficient (Wildman–Crippen LogP) is 9.12. The van der Waals surface area contributed by atoms with Crippen LogP contribution in [0.1, 0.15) is 162 Å². The predicted molar refractivity (Wildman–Crippen MR) is 215 cm³/mol. The molecular weight excluding hydrogens is 649 g/mol. The molecule has 2 N–H and O–H groups in total. The summed E-state index contributed by atoms with van der Waals surface area (Å²) in [5.41, 5.74) is -0.291. The van der Waals surface area contributed by atoms with Crippen LogP contribution in [0.5, 0.6) is 23.0 Å². The van der Waals surface area contributed by atoms with Crippen LogP contribution in [0.3, 0.4) is 0 Å². The normalized spacial score (nSPS) is 29.0. The molecule has 0 radical (unpaired) electrons. The first-order chi connectivity index (χ1) is 23.4. The van der Waals surface area contributed by atoms with Gasteiger partial charge < -0.3 is 29.6 Å². The lowest BCUT2D eigenvalue weighted by Gasteiger charge is -2.53. The number of rotatable bonds is 8. The van der Waals surface area contributed by atoms with Crippen LogP contribution >= 0.6 is 0 Å². The van der Waals surface area contributed by atoms with Crippen molar-refractivity contribution in [2.75, 3.05) is 14.1 Å². The van der Waals surface area contributed by atoms with Crippen LogP contribution in [0, 0.1) is 0 Å². The smallest absolute Gasteiger partial charge is 0.165 e. The lowest BCUT2D eigenvalue weighted by atomic mass is 9.78. The quantitative estimate of drug-likeness (QED) is 0.275. The minimum Gasteiger partial charge on any atom is -0.486 e. The minimum absolute atomic E-state index is 0.0150. The Labute approximate surface area is 318 Å². The molecule has 4 fully saturated rings. The maximum atomic E-state index is 7.17. The minimum atomic E-state index is -0.0578. The van der Waals surface area contributed by atoms with Gasteiger partial charge in [-0.3, -0.25) is 9.80 Å². The molecule has 1 aromatic rings. The molecule has 8 nitrogen and oxygen atoms in total. The third kappa shape index (κ3) is 9.55. The summed E-state index contributed by atoms with van der Waals surface area (Å²) in [6, 6.07) is 4.24. The van der Waals surface area contributed by atoms with Gasteiger partial charge in [0.1, 0.15) is 24.4 Å². The van der Waals surface area contributed by atoms with Gasteiger partial charge in [-0.05, 0) is 125 Å². The Morgan fingerprint density at radius 3 is 0.788 bits per heavy atom. The molecule has 1 aromatic carbocycles. The maximum Gasteiger partial charge on any atom is 0.165 e. The first-order valence-corrected chi connectivity index (χ1v) is 20.3. The summed E-state index contributed by atoms with van der Waals surface area (Å²) in [6.45, 7) is 36.9. The van der Waals surface area contributed by atoms with Crippen LogP contribution in [-0.2, 0) is 0 Å². The van der Waals surface area contributed by atoms with E-state index in [0.29, 0.717) is 0 Å². The number of benzene rings is 1. The van der Waals surface area contributed by atoms with Gasteiger partial charge in [0.25, 0.3) is 0 Å². The first-order valence-electron chi connectivity index (χ1n) is 20.3. The van der Waals surface area contributed by atoms with Gasteiger partial charge >= 0.3 is 0 Å².